The van der Waals surface area contributed by atoms with E-state index in [1.54, 1.807) is 24.8 Å². The SMILES string of the molecule is C=Cc1cc(-c2nc3c(c4sccc24)-c2c(F)cc(F)cc2C3c2cc3n(n2)CC(C)N(I=O)C3)c(OC/C=C/COC[C@H](C)O)cc1N(C)C.CS/C=C\C(C)N. The van der Waals surface area contributed by atoms with Crippen LogP contribution in [0.25, 0.3) is 38.5 Å². The molecule has 4 heterocycles. The summed E-state index contributed by atoms with van der Waals surface area (Å²) in [6.45, 7) is 11.6. The van der Waals surface area contributed by atoms with Gasteiger partial charge < -0.3 is 25.2 Å². The Morgan fingerprint density at radius 2 is 1.95 bits per heavy atom. The van der Waals surface area contributed by atoms with E-state index in [-0.39, 0.29) is 25.3 Å². The Bertz CT molecular complexity index is 2340. The molecule has 58 heavy (non-hydrogen) atoms. The maximum Gasteiger partial charge on any atom is 0.240 e. The number of benzene rings is 2. The average molecular weight is 943 g/mol. The van der Waals surface area contributed by atoms with Gasteiger partial charge in [-0.25, -0.2) is 11.9 Å². The lowest BCUT2D eigenvalue weighted by Gasteiger charge is -2.27. The summed E-state index contributed by atoms with van der Waals surface area (Å²) in [6.07, 6.45) is 8.93. The van der Waals surface area contributed by atoms with Gasteiger partial charge in [-0.2, -0.15) is 5.10 Å². The summed E-state index contributed by atoms with van der Waals surface area (Å²) in [6, 6.07) is 10.5. The van der Waals surface area contributed by atoms with Crippen molar-refractivity contribution in [2.75, 3.05) is 45.1 Å². The van der Waals surface area contributed by atoms with Crippen molar-refractivity contribution in [3.8, 4) is 28.1 Å². The summed E-state index contributed by atoms with van der Waals surface area (Å²) in [5.41, 5.74) is 12.1. The second-order valence-corrected chi connectivity index (χ2v) is 17.8. The average Bonchev–Trinajstić information content (AvgIpc) is 3.91. The fraction of sp³-hybridized carbons (Fsp3) is 0.349. The first-order valence-corrected chi connectivity index (χ1v) is 22.9. The second-order valence-electron chi connectivity index (χ2n) is 14.5. The van der Waals surface area contributed by atoms with Gasteiger partial charge in [0.05, 0.1) is 61.1 Å². The van der Waals surface area contributed by atoms with Crippen LogP contribution < -0.4 is 15.4 Å². The molecule has 0 spiro atoms. The molecule has 0 radical (unpaired) electrons. The Kier molecular flexibility index (Phi) is 14.7. The molecule has 2 aromatic carbocycles. The summed E-state index contributed by atoms with van der Waals surface area (Å²) < 4.78 is 59.5. The number of aliphatic hydroxyl groups is 1. The monoisotopic (exact) mass is 942 g/mol. The molecule has 1 aliphatic heterocycles. The van der Waals surface area contributed by atoms with Gasteiger partial charge in [0.1, 0.15) is 24.0 Å². The number of thioether (sulfide) groups is 1. The van der Waals surface area contributed by atoms with Gasteiger partial charge in [0.25, 0.3) is 0 Å². The van der Waals surface area contributed by atoms with Crippen LogP contribution in [0.5, 0.6) is 5.75 Å². The minimum Gasteiger partial charge on any atom is -0.489 e. The van der Waals surface area contributed by atoms with Crippen molar-refractivity contribution >= 4 is 66.4 Å². The summed E-state index contributed by atoms with van der Waals surface area (Å²) >= 11 is 1.80. The molecule has 7 rings (SSSR count). The minimum atomic E-state index is -1.36. The number of anilines is 1. The van der Waals surface area contributed by atoms with Gasteiger partial charge in [0, 0.05) is 70.8 Å². The molecule has 0 saturated heterocycles. The Morgan fingerprint density at radius 3 is 2.62 bits per heavy atom. The molecular formula is C43H49F2IN6O4S2. The quantitative estimate of drug-likeness (QED) is 0.0474. The Labute approximate surface area is 357 Å². The van der Waals surface area contributed by atoms with Gasteiger partial charge >= 0.3 is 0 Å². The molecule has 0 fully saturated rings. The number of nitrogens with two attached hydrogens (primary N) is 1. The smallest absolute Gasteiger partial charge is 0.240 e. The zero-order valence-electron chi connectivity index (χ0n) is 33.4. The molecule has 3 N–H and O–H groups in total. The van der Waals surface area contributed by atoms with E-state index in [9.17, 15) is 8.18 Å². The van der Waals surface area contributed by atoms with Gasteiger partial charge in [0.15, 0.2) is 0 Å². The van der Waals surface area contributed by atoms with Crippen molar-refractivity contribution in [1.29, 1.82) is 0 Å². The molecule has 0 bridgehead atoms. The maximum absolute atomic E-state index is 15.9. The van der Waals surface area contributed by atoms with Crippen LogP contribution in [0.3, 0.4) is 0 Å². The highest BCUT2D eigenvalue weighted by Gasteiger charge is 2.39. The number of rotatable bonds is 14. The highest BCUT2D eigenvalue weighted by molar-refractivity contribution is 14.1. The number of nitrogens with zero attached hydrogens (tertiary/aromatic N) is 5. The number of ether oxygens (including phenoxy) is 2. The number of fused-ring (bicyclic) bond motifs is 6. The first-order valence-electron chi connectivity index (χ1n) is 18.8. The van der Waals surface area contributed by atoms with Crippen LogP contribution >= 0.6 is 44.6 Å². The van der Waals surface area contributed by atoms with Gasteiger partial charge in [-0.15, -0.1) is 23.1 Å². The van der Waals surface area contributed by atoms with Crippen LogP contribution in [0.15, 0.2) is 72.0 Å². The van der Waals surface area contributed by atoms with E-state index >= 15 is 8.78 Å². The zero-order valence-corrected chi connectivity index (χ0v) is 37.2. The molecule has 5 aromatic rings. The van der Waals surface area contributed by atoms with E-state index in [1.165, 1.54) is 17.4 Å². The van der Waals surface area contributed by atoms with E-state index in [4.69, 9.17) is 25.3 Å². The molecule has 4 atom stereocenters. The summed E-state index contributed by atoms with van der Waals surface area (Å²) in [4.78, 5) is 7.33. The number of thiophene rings is 1. The van der Waals surface area contributed by atoms with E-state index < -0.39 is 45.1 Å². The fourth-order valence-electron chi connectivity index (χ4n) is 7.10. The molecule has 2 aliphatic rings. The van der Waals surface area contributed by atoms with Crippen molar-refractivity contribution < 1.29 is 26.4 Å². The summed E-state index contributed by atoms with van der Waals surface area (Å²) in [7, 11) is 3.91. The van der Waals surface area contributed by atoms with E-state index in [2.05, 4.69) is 6.58 Å². The van der Waals surface area contributed by atoms with E-state index in [1.807, 2.05) is 100 Å². The van der Waals surface area contributed by atoms with Crippen molar-refractivity contribution in [1.82, 2.24) is 17.9 Å². The molecule has 10 nitrogen and oxygen atoms in total. The molecule has 1 aliphatic carbocycles. The maximum atomic E-state index is 15.9. The number of aliphatic hydroxyl groups excluding tert-OH is 1. The van der Waals surface area contributed by atoms with Crippen LogP contribution in [0.2, 0.25) is 0 Å². The lowest BCUT2D eigenvalue weighted by atomic mass is 9.95. The van der Waals surface area contributed by atoms with Crippen molar-refractivity contribution in [2.24, 2.45) is 5.73 Å². The lowest BCUT2D eigenvalue weighted by Crippen LogP contribution is -2.35. The third-order valence-corrected chi connectivity index (χ3v) is 12.9. The third kappa shape index (κ3) is 9.46. The number of pyridine rings is 1. The molecule has 15 heteroatoms. The van der Waals surface area contributed by atoms with Crippen molar-refractivity contribution in [2.45, 2.75) is 58.0 Å². The van der Waals surface area contributed by atoms with Gasteiger partial charge in [-0.05, 0) is 79.3 Å². The predicted octanol–water partition coefficient (Wildman–Crippen LogP) is 9.29. The highest BCUT2D eigenvalue weighted by Crippen LogP contribution is 2.54. The van der Waals surface area contributed by atoms with E-state index in [0.717, 1.165) is 38.7 Å². The summed E-state index contributed by atoms with van der Waals surface area (Å²) in [5.74, 6) is -1.35. The van der Waals surface area contributed by atoms with Crippen LogP contribution in [0.4, 0.5) is 14.5 Å². The van der Waals surface area contributed by atoms with Gasteiger partial charge in [-0.1, -0.05) is 24.8 Å². The van der Waals surface area contributed by atoms with Crippen LogP contribution in [-0.4, -0.2) is 81.3 Å². The first kappa shape index (κ1) is 43.7. The molecule has 0 amide bonds. The Hall–Kier alpha value is -3.84. The zero-order chi connectivity index (χ0) is 41.7. The Morgan fingerprint density at radius 1 is 1.17 bits per heavy atom. The standard InChI is InChI=1S/C38H38F2IN5O4S.C5H11NS/c1-6-23-13-27(32(17-31(23)44(4)5)50-11-8-7-10-49-20-22(3)47)36-26-9-12-51-38(26)35-33-28(14-24(39)15-29(33)40)34(37(35)42-36)30-16-25-19-45(41-48)21(2)18-46(25)43-30;1-5(6)3-4-7-2/h6-9,12-17,21-22,34,47H,1,10-11,18-20H2,2-5H3;3-5H,6H2,1-2H3/b8-7+;4-3-/t21?,22-,34?;/m0./s1. The number of aromatic nitrogens is 3. The highest BCUT2D eigenvalue weighted by atomic mass is 127. The van der Waals surface area contributed by atoms with Crippen LogP contribution in [0, 0.1) is 11.6 Å². The second kappa shape index (κ2) is 19.5. The largest absolute Gasteiger partial charge is 0.489 e. The molecule has 3 unspecified atom stereocenters. The number of hydrogen-bond donors (Lipinski definition) is 2. The van der Waals surface area contributed by atoms with Crippen molar-refractivity contribution in [3.63, 3.8) is 0 Å². The number of halogens is 3. The van der Waals surface area contributed by atoms with Gasteiger partial charge in [-0.3, -0.25) is 12.7 Å². The molecular weight excluding hydrogens is 894 g/mol. The lowest BCUT2D eigenvalue weighted by molar-refractivity contribution is 0.0597. The molecule has 308 valence electrons. The van der Waals surface area contributed by atoms with Crippen LogP contribution in [-0.2, 0) is 20.9 Å². The molecule has 3 aromatic heterocycles. The topological polar surface area (TPSA) is 119 Å². The van der Waals surface area contributed by atoms with E-state index in [0.29, 0.717) is 59.2 Å². The third-order valence-electron chi connectivity index (χ3n) is 9.73. The van der Waals surface area contributed by atoms with Gasteiger partial charge in [0.2, 0.25) is 21.5 Å². The van der Waals surface area contributed by atoms with Crippen LogP contribution in [0.1, 0.15) is 54.9 Å². The minimum absolute atomic E-state index is 0.0540. The Balaban J connectivity index is 0.000000743. The number of hydrogen-bond acceptors (Lipinski definition) is 10. The summed E-state index contributed by atoms with van der Waals surface area (Å²) in [5, 5.41) is 19.2. The molecule has 0 saturated carbocycles. The van der Waals surface area contributed by atoms with Crippen molar-refractivity contribution in [3.05, 3.63) is 112 Å². The normalized spacial score (nSPS) is 17.2. The predicted molar refractivity (Wildman–Crippen MR) is 241 cm³/mol. The first-order chi connectivity index (χ1) is 27.9. The fourth-order valence-corrected chi connectivity index (χ4v) is 9.51.